The van der Waals surface area contributed by atoms with E-state index in [1.54, 1.807) is 17.1 Å². The summed E-state index contributed by atoms with van der Waals surface area (Å²) in [5.41, 5.74) is -0.648. The summed E-state index contributed by atoms with van der Waals surface area (Å²) in [5, 5.41) is 8.64. The van der Waals surface area contributed by atoms with Crippen LogP contribution < -0.4 is 5.69 Å². The molecule has 3 aliphatic rings. The minimum atomic E-state index is -4.55. The van der Waals surface area contributed by atoms with Gasteiger partial charge in [0.25, 0.3) is 0 Å². The van der Waals surface area contributed by atoms with Gasteiger partial charge in [0.1, 0.15) is 12.2 Å². The first kappa shape index (κ1) is 28.5. The molecule has 0 bridgehead atoms. The van der Waals surface area contributed by atoms with Crippen LogP contribution in [0.25, 0.3) is 5.52 Å². The number of rotatable bonds is 6. The topological polar surface area (TPSA) is 69.6 Å². The zero-order chi connectivity index (χ0) is 28.7. The van der Waals surface area contributed by atoms with Gasteiger partial charge in [-0.3, -0.25) is 13.9 Å². The lowest BCUT2D eigenvalue weighted by Gasteiger charge is -2.39. The second-order valence-electron chi connectivity index (χ2n) is 12.7. The van der Waals surface area contributed by atoms with Gasteiger partial charge < -0.3 is 9.30 Å². The normalized spacial score (nSPS) is 26.0. The quantitative estimate of drug-likeness (QED) is 0.393. The van der Waals surface area contributed by atoms with E-state index in [0.29, 0.717) is 23.9 Å². The molecule has 3 fully saturated rings. The first-order valence-corrected chi connectivity index (χ1v) is 15.2. The average Bonchev–Trinajstić information content (AvgIpc) is 3.51. The van der Waals surface area contributed by atoms with Crippen molar-refractivity contribution in [3.05, 3.63) is 52.2 Å². The van der Waals surface area contributed by atoms with Crippen LogP contribution in [0.4, 0.5) is 13.2 Å². The minimum absolute atomic E-state index is 0.0605. The second-order valence-corrected chi connectivity index (χ2v) is 12.7. The monoisotopic (exact) mass is 574 g/mol. The van der Waals surface area contributed by atoms with Gasteiger partial charge in [0.2, 0.25) is 0 Å². The molecule has 5 heterocycles. The number of halogens is 3. The molecule has 3 aromatic heterocycles. The van der Waals surface area contributed by atoms with Crippen molar-refractivity contribution >= 4 is 5.52 Å². The lowest BCUT2D eigenvalue weighted by molar-refractivity contribution is -0.136. The molecule has 0 aromatic carbocycles. The summed E-state index contributed by atoms with van der Waals surface area (Å²) >= 11 is 0. The predicted molar refractivity (Wildman–Crippen MR) is 149 cm³/mol. The molecule has 11 heteroatoms. The third-order valence-electron chi connectivity index (χ3n) is 9.71. The maximum absolute atomic E-state index is 14.3. The van der Waals surface area contributed by atoms with Crippen LogP contribution in [0.2, 0.25) is 0 Å². The first-order chi connectivity index (χ1) is 19.7. The minimum Gasteiger partial charge on any atom is -0.381 e. The predicted octanol–water partition coefficient (Wildman–Crippen LogP) is 5.42. The summed E-state index contributed by atoms with van der Waals surface area (Å²) in [5.74, 6) is 2.30. The molecule has 2 aliphatic heterocycles. The van der Waals surface area contributed by atoms with E-state index in [1.807, 2.05) is 11.6 Å². The number of ether oxygens (including phenoxy) is 1. The van der Waals surface area contributed by atoms with Gasteiger partial charge in [-0.15, -0.1) is 10.2 Å². The van der Waals surface area contributed by atoms with E-state index in [2.05, 4.69) is 22.0 Å². The molecular weight excluding hydrogens is 533 g/mol. The van der Waals surface area contributed by atoms with Crippen LogP contribution in [0.15, 0.2) is 29.6 Å². The summed E-state index contributed by atoms with van der Waals surface area (Å²) < 4.78 is 53.4. The highest BCUT2D eigenvalue weighted by atomic mass is 19.4. The number of imidazole rings is 1. The van der Waals surface area contributed by atoms with Gasteiger partial charge in [0, 0.05) is 57.7 Å². The van der Waals surface area contributed by atoms with Gasteiger partial charge >= 0.3 is 11.9 Å². The molecule has 0 radical (unpaired) electrons. The molecule has 8 nitrogen and oxygen atoms in total. The number of pyridine rings is 1. The number of hydrogen-bond donors (Lipinski definition) is 0. The van der Waals surface area contributed by atoms with Gasteiger partial charge in [-0.25, -0.2) is 4.79 Å². The standard InChI is InChI=1S/C30H41F3N6O2/c1-20-5-4-10-37(15-20)16-21-13-25(30(31,32)33)26-18-38(29(40)39(26)17-21)24-7-3-6-23(14-24)27(22-8-11-41-12-9-22)28-35-34-19-36(28)2/h13,17-20,22-24,27H,3-12,14-16H2,1-2H3/t20-,23?,24?,27-/m0/s1. The van der Waals surface area contributed by atoms with Gasteiger partial charge in [0.15, 0.2) is 0 Å². The maximum Gasteiger partial charge on any atom is 0.418 e. The summed E-state index contributed by atoms with van der Waals surface area (Å²) in [6.45, 7) is 5.75. The fourth-order valence-corrected chi connectivity index (χ4v) is 7.78. The molecule has 2 saturated heterocycles. The van der Waals surface area contributed by atoms with Gasteiger partial charge in [-0.2, -0.15) is 13.2 Å². The summed E-state index contributed by atoms with van der Waals surface area (Å²) in [4.78, 5) is 16.0. The molecule has 0 amide bonds. The van der Waals surface area contributed by atoms with Crippen molar-refractivity contribution in [2.24, 2.45) is 24.8 Å². The van der Waals surface area contributed by atoms with Crippen LogP contribution in [0, 0.1) is 17.8 Å². The third-order valence-corrected chi connectivity index (χ3v) is 9.71. The van der Waals surface area contributed by atoms with Crippen molar-refractivity contribution in [3.63, 3.8) is 0 Å². The Kier molecular flexibility index (Phi) is 8.02. The van der Waals surface area contributed by atoms with Crippen molar-refractivity contribution in [1.29, 1.82) is 0 Å². The number of fused-ring (bicyclic) bond motifs is 1. The van der Waals surface area contributed by atoms with Gasteiger partial charge in [-0.05, 0) is 80.9 Å². The van der Waals surface area contributed by atoms with Crippen molar-refractivity contribution in [2.45, 2.75) is 83.0 Å². The Bertz CT molecular complexity index is 1410. The smallest absolute Gasteiger partial charge is 0.381 e. The van der Waals surface area contributed by atoms with Gasteiger partial charge in [0.05, 0.1) is 11.1 Å². The highest BCUT2D eigenvalue weighted by molar-refractivity contribution is 5.56. The van der Waals surface area contributed by atoms with Crippen LogP contribution in [-0.2, 0) is 24.5 Å². The van der Waals surface area contributed by atoms with E-state index >= 15 is 0 Å². The lowest BCUT2D eigenvalue weighted by Crippen LogP contribution is -2.34. The number of nitrogens with zero attached hydrogens (tertiary/aromatic N) is 6. The number of alkyl halides is 3. The fraction of sp³-hybridized carbons (Fsp3) is 0.700. The Balaban J connectivity index is 1.33. The van der Waals surface area contributed by atoms with Crippen LogP contribution in [0.1, 0.15) is 87.2 Å². The number of aromatic nitrogens is 5. The Morgan fingerprint density at radius 2 is 1.88 bits per heavy atom. The van der Waals surface area contributed by atoms with E-state index in [9.17, 15) is 18.0 Å². The molecule has 224 valence electrons. The highest BCUT2D eigenvalue weighted by Gasteiger charge is 2.39. The van der Waals surface area contributed by atoms with Crippen LogP contribution in [0.5, 0.6) is 0 Å². The molecule has 41 heavy (non-hydrogen) atoms. The van der Waals surface area contributed by atoms with Crippen LogP contribution in [-0.4, -0.2) is 54.9 Å². The highest BCUT2D eigenvalue weighted by Crippen LogP contribution is 2.46. The Hall–Kier alpha value is -2.66. The Morgan fingerprint density at radius 1 is 1.07 bits per heavy atom. The zero-order valence-corrected chi connectivity index (χ0v) is 24.0. The van der Waals surface area contributed by atoms with Crippen LogP contribution in [0.3, 0.4) is 0 Å². The SMILES string of the molecule is C[C@H]1CCCN(Cc2cc(C(F)(F)F)c3cn(C4CCCC([C@@H](c5nncn5C)C5CCOCC5)C4)c(=O)n3c2)C1. The first-order valence-electron chi connectivity index (χ1n) is 15.2. The summed E-state index contributed by atoms with van der Waals surface area (Å²) in [6.07, 6.45) is 7.75. The molecule has 4 atom stereocenters. The van der Waals surface area contributed by atoms with Crippen molar-refractivity contribution in [1.82, 2.24) is 28.6 Å². The third kappa shape index (κ3) is 5.84. The van der Waals surface area contributed by atoms with E-state index in [-0.39, 0.29) is 29.1 Å². The van der Waals surface area contributed by atoms with E-state index < -0.39 is 11.7 Å². The molecular formula is C30H41F3N6O2. The van der Waals surface area contributed by atoms with E-state index in [4.69, 9.17) is 4.74 Å². The number of likely N-dealkylation sites (tertiary alicyclic amines) is 1. The van der Waals surface area contributed by atoms with E-state index in [0.717, 1.165) is 83.5 Å². The molecule has 1 saturated carbocycles. The van der Waals surface area contributed by atoms with Crippen molar-refractivity contribution in [3.8, 4) is 0 Å². The fourth-order valence-electron chi connectivity index (χ4n) is 7.78. The van der Waals surface area contributed by atoms with Crippen LogP contribution >= 0.6 is 0 Å². The molecule has 0 N–H and O–H groups in total. The van der Waals surface area contributed by atoms with E-state index in [1.165, 1.54) is 16.7 Å². The summed E-state index contributed by atoms with van der Waals surface area (Å²) in [6, 6.07) is 1.08. The number of hydrogen-bond acceptors (Lipinski definition) is 5. The Morgan fingerprint density at radius 3 is 2.59 bits per heavy atom. The molecule has 2 unspecified atom stereocenters. The molecule has 1 aliphatic carbocycles. The Labute approximate surface area is 238 Å². The molecule has 0 spiro atoms. The average molecular weight is 575 g/mol. The van der Waals surface area contributed by atoms with Gasteiger partial charge in [-0.1, -0.05) is 13.3 Å². The summed E-state index contributed by atoms with van der Waals surface area (Å²) in [7, 11) is 1.97. The number of aryl methyl sites for hydroxylation is 1. The zero-order valence-electron chi connectivity index (χ0n) is 24.0. The number of piperidine rings is 1. The van der Waals surface area contributed by atoms with Crippen molar-refractivity contribution < 1.29 is 17.9 Å². The maximum atomic E-state index is 14.3. The molecule has 6 rings (SSSR count). The van der Waals surface area contributed by atoms with Crippen molar-refractivity contribution in [2.75, 3.05) is 26.3 Å². The largest absolute Gasteiger partial charge is 0.418 e. The lowest BCUT2D eigenvalue weighted by atomic mass is 9.70. The second kappa shape index (κ2) is 11.6. The molecule has 3 aromatic rings.